The highest BCUT2D eigenvalue weighted by molar-refractivity contribution is 6.14. The van der Waals surface area contributed by atoms with Gasteiger partial charge in [-0.2, -0.15) is 0 Å². The van der Waals surface area contributed by atoms with Crippen LogP contribution in [0.1, 0.15) is 20.9 Å². The van der Waals surface area contributed by atoms with Crippen LogP contribution in [-0.4, -0.2) is 18.9 Å². The molecule has 3 aromatic rings. The molecule has 0 aliphatic heterocycles. The molecular weight excluding hydrogens is 315 g/mol. The normalized spacial score (nSPS) is 10.6. The Bertz CT molecular complexity index is 932. The van der Waals surface area contributed by atoms with E-state index < -0.39 is 17.6 Å². The molecule has 0 bridgehead atoms. The molecule has 0 atom stereocenters. The zero-order valence-electron chi connectivity index (χ0n) is 12.6. The van der Waals surface area contributed by atoms with Gasteiger partial charge in [0.25, 0.3) is 11.8 Å². The summed E-state index contributed by atoms with van der Waals surface area (Å²) in [7, 11) is 1.50. The van der Waals surface area contributed by atoms with Gasteiger partial charge in [0, 0.05) is 17.0 Å². The maximum Gasteiger partial charge on any atom is 0.286 e. The van der Waals surface area contributed by atoms with Gasteiger partial charge in [-0.1, -0.05) is 0 Å². The van der Waals surface area contributed by atoms with Gasteiger partial charge in [0.05, 0.1) is 7.11 Å². The van der Waals surface area contributed by atoms with Crippen LogP contribution in [0.3, 0.4) is 0 Å². The highest BCUT2D eigenvalue weighted by Crippen LogP contribution is 2.33. The van der Waals surface area contributed by atoms with E-state index in [1.54, 1.807) is 18.2 Å². The maximum atomic E-state index is 13.0. The lowest BCUT2D eigenvalue weighted by Crippen LogP contribution is -2.17. The summed E-state index contributed by atoms with van der Waals surface area (Å²) in [6, 6.07) is 9.89. The summed E-state index contributed by atoms with van der Waals surface area (Å²) in [6.07, 6.45) is 0. The average molecular weight is 328 g/mol. The van der Waals surface area contributed by atoms with E-state index >= 15 is 0 Å². The molecule has 0 fully saturated rings. The highest BCUT2D eigenvalue weighted by atomic mass is 19.1. The minimum Gasteiger partial charge on any atom is -0.497 e. The molecule has 0 unspecified atom stereocenters. The van der Waals surface area contributed by atoms with E-state index in [0.29, 0.717) is 16.7 Å². The summed E-state index contributed by atoms with van der Waals surface area (Å²) in [5.41, 5.74) is 6.06. The van der Waals surface area contributed by atoms with E-state index in [-0.39, 0.29) is 17.0 Å². The molecule has 0 radical (unpaired) electrons. The van der Waals surface area contributed by atoms with Crippen LogP contribution in [0.15, 0.2) is 46.9 Å². The Morgan fingerprint density at radius 1 is 1.17 bits per heavy atom. The molecule has 122 valence electrons. The molecule has 0 saturated heterocycles. The Morgan fingerprint density at radius 2 is 1.88 bits per heavy atom. The fraction of sp³-hybridized carbons (Fsp3) is 0.0588. The third-order valence-electron chi connectivity index (χ3n) is 3.47. The van der Waals surface area contributed by atoms with Gasteiger partial charge in [-0.25, -0.2) is 4.39 Å². The number of furan rings is 1. The van der Waals surface area contributed by atoms with Crippen molar-refractivity contribution in [3.05, 3.63) is 59.6 Å². The first kappa shape index (κ1) is 15.5. The van der Waals surface area contributed by atoms with Gasteiger partial charge < -0.3 is 20.2 Å². The molecule has 1 heterocycles. The molecule has 2 amide bonds. The SMILES string of the molecule is COc1ccc2c(NC(=O)c3ccc(F)cc3)c(C(N)=O)oc2c1. The van der Waals surface area contributed by atoms with Gasteiger partial charge in [0.1, 0.15) is 22.8 Å². The van der Waals surface area contributed by atoms with Crippen molar-refractivity contribution in [2.75, 3.05) is 12.4 Å². The van der Waals surface area contributed by atoms with Crippen molar-refractivity contribution < 1.29 is 23.1 Å². The number of amides is 2. The zero-order chi connectivity index (χ0) is 17.3. The van der Waals surface area contributed by atoms with Crippen LogP contribution in [-0.2, 0) is 0 Å². The van der Waals surface area contributed by atoms with Crippen molar-refractivity contribution in [2.45, 2.75) is 0 Å². The first-order valence-electron chi connectivity index (χ1n) is 6.97. The molecule has 3 N–H and O–H groups in total. The van der Waals surface area contributed by atoms with E-state index in [2.05, 4.69) is 5.32 Å². The molecule has 0 aliphatic carbocycles. The van der Waals surface area contributed by atoms with Gasteiger partial charge in [-0.15, -0.1) is 0 Å². The van der Waals surface area contributed by atoms with Gasteiger partial charge in [0.2, 0.25) is 5.76 Å². The fourth-order valence-electron chi connectivity index (χ4n) is 2.29. The van der Waals surface area contributed by atoms with E-state index in [9.17, 15) is 14.0 Å². The number of carbonyl (C=O) groups is 2. The van der Waals surface area contributed by atoms with Gasteiger partial charge >= 0.3 is 0 Å². The number of anilines is 1. The summed E-state index contributed by atoms with van der Waals surface area (Å²) < 4.78 is 23.5. The Balaban J connectivity index is 2.03. The third kappa shape index (κ3) is 2.79. The van der Waals surface area contributed by atoms with Crippen LogP contribution in [0.2, 0.25) is 0 Å². The third-order valence-corrected chi connectivity index (χ3v) is 3.47. The second-order valence-corrected chi connectivity index (χ2v) is 4.99. The van der Waals surface area contributed by atoms with Crippen LogP contribution in [0.25, 0.3) is 11.0 Å². The van der Waals surface area contributed by atoms with Crippen LogP contribution in [0.5, 0.6) is 5.75 Å². The first-order valence-corrected chi connectivity index (χ1v) is 6.97. The first-order chi connectivity index (χ1) is 11.5. The number of hydrogen-bond donors (Lipinski definition) is 2. The lowest BCUT2D eigenvalue weighted by atomic mass is 10.1. The number of primary amides is 1. The summed E-state index contributed by atoms with van der Waals surface area (Å²) >= 11 is 0. The van der Waals surface area contributed by atoms with Crippen molar-refractivity contribution in [3.8, 4) is 5.75 Å². The van der Waals surface area contributed by atoms with Crippen molar-refractivity contribution >= 4 is 28.5 Å². The number of fused-ring (bicyclic) bond motifs is 1. The van der Waals surface area contributed by atoms with E-state index in [4.69, 9.17) is 14.9 Å². The molecular formula is C17H13FN2O4. The highest BCUT2D eigenvalue weighted by Gasteiger charge is 2.21. The summed E-state index contributed by atoms with van der Waals surface area (Å²) in [5, 5.41) is 3.09. The minimum atomic E-state index is -0.820. The summed E-state index contributed by atoms with van der Waals surface area (Å²) in [5.74, 6) is -1.43. The molecule has 24 heavy (non-hydrogen) atoms. The second-order valence-electron chi connectivity index (χ2n) is 4.99. The van der Waals surface area contributed by atoms with Crippen LogP contribution in [0.4, 0.5) is 10.1 Å². The number of nitrogens with two attached hydrogens (primary N) is 1. The Morgan fingerprint density at radius 3 is 2.50 bits per heavy atom. The van der Waals surface area contributed by atoms with E-state index in [1.165, 1.54) is 31.4 Å². The fourth-order valence-corrected chi connectivity index (χ4v) is 2.29. The lowest BCUT2D eigenvalue weighted by molar-refractivity contribution is 0.0977. The number of nitrogens with one attached hydrogen (secondary N) is 1. The standard InChI is InChI=1S/C17H13FN2O4/c1-23-11-6-7-12-13(8-11)24-15(16(19)21)14(12)20-17(22)9-2-4-10(18)5-3-9/h2-8H,1H3,(H2,19,21)(H,20,22). The Hall–Kier alpha value is -3.35. The number of halogens is 1. The summed E-state index contributed by atoms with van der Waals surface area (Å²) in [4.78, 5) is 23.9. The molecule has 6 nitrogen and oxygen atoms in total. The van der Waals surface area contributed by atoms with Crippen molar-refractivity contribution in [2.24, 2.45) is 5.73 Å². The average Bonchev–Trinajstić information content (AvgIpc) is 2.93. The number of methoxy groups -OCH3 is 1. The predicted molar refractivity (Wildman–Crippen MR) is 85.6 cm³/mol. The molecule has 1 aromatic heterocycles. The van der Waals surface area contributed by atoms with Gasteiger partial charge in [-0.3, -0.25) is 9.59 Å². The van der Waals surface area contributed by atoms with Crippen molar-refractivity contribution in [1.29, 1.82) is 0 Å². The second kappa shape index (κ2) is 6.04. The van der Waals surface area contributed by atoms with Crippen LogP contribution < -0.4 is 15.8 Å². The van der Waals surface area contributed by atoms with Gasteiger partial charge in [0.15, 0.2) is 0 Å². The van der Waals surface area contributed by atoms with E-state index in [1.807, 2.05) is 0 Å². The molecule has 0 spiro atoms. The van der Waals surface area contributed by atoms with E-state index in [0.717, 1.165) is 0 Å². The number of benzene rings is 2. The topological polar surface area (TPSA) is 94.6 Å². The molecule has 3 rings (SSSR count). The molecule has 7 heteroatoms. The maximum absolute atomic E-state index is 13.0. The smallest absolute Gasteiger partial charge is 0.286 e. The zero-order valence-corrected chi connectivity index (χ0v) is 12.6. The van der Waals surface area contributed by atoms with Crippen LogP contribution in [0, 0.1) is 5.82 Å². The number of hydrogen-bond acceptors (Lipinski definition) is 4. The molecule has 2 aromatic carbocycles. The quantitative estimate of drug-likeness (QED) is 0.770. The number of ether oxygens (including phenoxy) is 1. The minimum absolute atomic E-state index is 0.162. The number of carbonyl (C=O) groups excluding carboxylic acids is 2. The lowest BCUT2D eigenvalue weighted by Gasteiger charge is -2.05. The number of rotatable bonds is 4. The van der Waals surface area contributed by atoms with Gasteiger partial charge in [-0.05, 0) is 36.4 Å². The Kier molecular flexibility index (Phi) is 3.91. The Labute approximate surface area is 136 Å². The largest absolute Gasteiger partial charge is 0.497 e. The monoisotopic (exact) mass is 328 g/mol. The predicted octanol–water partition coefficient (Wildman–Crippen LogP) is 2.93. The van der Waals surface area contributed by atoms with Crippen LogP contribution >= 0.6 is 0 Å². The molecule has 0 saturated carbocycles. The molecule has 0 aliphatic rings. The van der Waals surface area contributed by atoms with Crippen molar-refractivity contribution in [1.82, 2.24) is 0 Å². The summed E-state index contributed by atoms with van der Waals surface area (Å²) in [6.45, 7) is 0. The van der Waals surface area contributed by atoms with Crippen molar-refractivity contribution in [3.63, 3.8) is 0 Å².